The molecule has 1 N–H and O–H groups in total. The Morgan fingerprint density at radius 1 is 0.889 bits per heavy atom. The summed E-state index contributed by atoms with van der Waals surface area (Å²) in [6.45, 7) is 5.10. The first kappa shape index (κ1) is 31.2. The molecule has 202 valence electrons. The zero-order chi connectivity index (χ0) is 27.8. The van der Waals surface area contributed by atoms with E-state index in [-0.39, 0.29) is 11.1 Å². The molecule has 0 saturated heterocycles. The summed E-state index contributed by atoms with van der Waals surface area (Å²) >= 11 is 2.92. The molecule has 0 aliphatic heterocycles. The maximum absolute atomic E-state index is 13.5. The Labute approximate surface area is 213 Å². The SMILES string of the molecule is CC(=O)OCC(C)C(OC(C)=O)C(OC(C)=O)C(OC(C)=O)C(O)Oc1ccc(Br)cc1C(F)(F)F. The quantitative estimate of drug-likeness (QED) is 0.234. The fourth-order valence-electron chi connectivity index (χ4n) is 3.06. The first-order valence-corrected chi connectivity index (χ1v) is 11.2. The molecule has 5 atom stereocenters. The Hall–Kier alpha value is -2.87. The summed E-state index contributed by atoms with van der Waals surface area (Å²) in [4.78, 5) is 46.7. The van der Waals surface area contributed by atoms with Crippen molar-refractivity contribution in [2.24, 2.45) is 5.92 Å². The van der Waals surface area contributed by atoms with E-state index >= 15 is 0 Å². The second-order valence-electron chi connectivity index (χ2n) is 7.65. The molecule has 0 aromatic heterocycles. The Morgan fingerprint density at radius 2 is 1.39 bits per heavy atom. The van der Waals surface area contributed by atoms with Gasteiger partial charge in [0.2, 0.25) is 12.4 Å². The van der Waals surface area contributed by atoms with Crippen LogP contribution in [0.2, 0.25) is 0 Å². The summed E-state index contributed by atoms with van der Waals surface area (Å²) in [5.41, 5.74) is -1.26. The number of hydrogen-bond donors (Lipinski definition) is 1. The third kappa shape index (κ3) is 10.0. The third-order valence-corrected chi connectivity index (χ3v) is 4.93. The van der Waals surface area contributed by atoms with Gasteiger partial charge in [0.15, 0.2) is 6.10 Å². The summed E-state index contributed by atoms with van der Waals surface area (Å²) in [5.74, 6) is -5.28. The molecule has 0 heterocycles. The van der Waals surface area contributed by atoms with Crippen LogP contribution in [0.15, 0.2) is 22.7 Å². The zero-order valence-electron chi connectivity index (χ0n) is 20.0. The van der Waals surface area contributed by atoms with Crippen molar-refractivity contribution in [1.82, 2.24) is 0 Å². The minimum Gasteiger partial charge on any atom is -0.465 e. The van der Waals surface area contributed by atoms with E-state index in [1.165, 1.54) is 13.0 Å². The van der Waals surface area contributed by atoms with Crippen molar-refractivity contribution < 1.29 is 61.1 Å². The van der Waals surface area contributed by atoms with Crippen molar-refractivity contribution in [3.8, 4) is 5.75 Å². The van der Waals surface area contributed by atoms with E-state index in [2.05, 4.69) is 15.9 Å². The minimum atomic E-state index is -4.89. The van der Waals surface area contributed by atoms with Gasteiger partial charge < -0.3 is 28.8 Å². The summed E-state index contributed by atoms with van der Waals surface area (Å²) in [6.07, 6.45) is -12.5. The maximum atomic E-state index is 13.5. The molecule has 14 heteroatoms. The van der Waals surface area contributed by atoms with Crippen molar-refractivity contribution >= 4 is 39.8 Å². The summed E-state index contributed by atoms with van der Waals surface area (Å²) in [6, 6.07) is 2.83. The Balaban J connectivity index is 3.51. The van der Waals surface area contributed by atoms with Gasteiger partial charge in [-0.3, -0.25) is 19.2 Å². The van der Waals surface area contributed by atoms with Gasteiger partial charge in [0.1, 0.15) is 11.9 Å². The van der Waals surface area contributed by atoms with Gasteiger partial charge in [-0.15, -0.1) is 0 Å². The molecule has 0 aliphatic rings. The van der Waals surface area contributed by atoms with Crippen LogP contribution in [0.5, 0.6) is 5.75 Å². The highest BCUT2D eigenvalue weighted by molar-refractivity contribution is 9.10. The number of halogens is 4. The molecule has 0 aliphatic carbocycles. The molecule has 0 bridgehead atoms. The fourth-order valence-corrected chi connectivity index (χ4v) is 3.42. The van der Waals surface area contributed by atoms with E-state index in [4.69, 9.17) is 23.7 Å². The first-order chi connectivity index (χ1) is 16.5. The Morgan fingerprint density at radius 3 is 1.86 bits per heavy atom. The number of esters is 4. The predicted molar refractivity (Wildman–Crippen MR) is 118 cm³/mol. The summed E-state index contributed by atoms with van der Waals surface area (Å²) in [5, 5.41) is 10.7. The van der Waals surface area contributed by atoms with E-state index in [0.29, 0.717) is 6.07 Å². The van der Waals surface area contributed by atoms with Gasteiger partial charge in [-0.25, -0.2) is 0 Å². The number of rotatable bonds is 11. The molecule has 1 aromatic rings. The standard InChI is InChI=1S/C22H26BrF3O10/c1-10(9-32-11(2)27)18(33-12(3)28)19(34-13(4)29)20(35-14(5)30)21(31)36-17-7-6-15(23)8-16(17)22(24,25)26/h6-8,10,18-21,31H,9H2,1-5H3. The van der Waals surface area contributed by atoms with Crippen molar-refractivity contribution in [1.29, 1.82) is 0 Å². The average Bonchev–Trinajstić information content (AvgIpc) is 2.72. The first-order valence-electron chi connectivity index (χ1n) is 10.4. The molecule has 5 unspecified atom stereocenters. The molecule has 0 fully saturated rings. The van der Waals surface area contributed by atoms with Crippen LogP contribution < -0.4 is 4.74 Å². The maximum Gasteiger partial charge on any atom is 0.420 e. The lowest BCUT2D eigenvalue weighted by molar-refractivity contribution is -0.217. The van der Waals surface area contributed by atoms with Gasteiger partial charge in [0, 0.05) is 38.1 Å². The Bertz CT molecular complexity index is 952. The summed E-state index contributed by atoms with van der Waals surface area (Å²) in [7, 11) is 0. The smallest absolute Gasteiger partial charge is 0.420 e. The van der Waals surface area contributed by atoms with Crippen LogP contribution in [0.3, 0.4) is 0 Å². The second-order valence-corrected chi connectivity index (χ2v) is 8.56. The van der Waals surface area contributed by atoms with Crippen LogP contribution in [0, 0.1) is 5.92 Å². The van der Waals surface area contributed by atoms with Gasteiger partial charge >= 0.3 is 30.1 Å². The van der Waals surface area contributed by atoms with Crippen molar-refractivity contribution in [3.63, 3.8) is 0 Å². The lowest BCUT2D eigenvalue weighted by Gasteiger charge is -2.36. The number of hydrogen-bond acceptors (Lipinski definition) is 10. The average molecular weight is 587 g/mol. The molecule has 10 nitrogen and oxygen atoms in total. The highest BCUT2D eigenvalue weighted by Gasteiger charge is 2.45. The largest absolute Gasteiger partial charge is 0.465 e. The van der Waals surface area contributed by atoms with Crippen LogP contribution in [0.4, 0.5) is 13.2 Å². The summed E-state index contributed by atoms with van der Waals surface area (Å²) < 4.78 is 66.1. The molecule has 0 amide bonds. The zero-order valence-corrected chi connectivity index (χ0v) is 21.5. The van der Waals surface area contributed by atoms with Gasteiger partial charge in [-0.1, -0.05) is 22.9 Å². The molecule has 1 rings (SSSR count). The van der Waals surface area contributed by atoms with Crippen molar-refractivity contribution in [2.75, 3.05) is 6.61 Å². The van der Waals surface area contributed by atoms with Crippen LogP contribution >= 0.6 is 15.9 Å². The van der Waals surface area contributed by atoms with Gasteiger partial charge in [-0.05, 0) is 18.2 Å². The monoisotopic (exact) mass is 586 g/mol. The van der Waals surface area contributed by atoms with E-state index in [9.17, 15) is 37.5 Å². The number of aliphatic hydroxyl groups is 1. The highest BCUT2D eigenvalue weighted by atomic mass is 79.9. The van der Waals surface area contributed by atoms with Gasteiger partial charge in [0.25, 0.3) is 0 Å². The molecule has 0 radical (unpaired) electrons. The number of ether oxygens (including phenoxy) is 5. The van der Waals surface area contributed by atoms with Crippen LogP contribution in [0.1, 0.15) is 40.2 Å². The van der Waals surface area contributed by atoms with E-state index in [1.54, 1.807) is 0 Å². The van der Waals surface area contributed by atoms with Crippen molar-refractivity contribution in [2.45, 2.75) is 65.4 Å². The lowest BCUT2D eigenvalue weighted by Crippen LogP contribution is -2.54. The molecular weight excluding hydrogens is 561 g/mol. The highest BCUT2D eigenvalue weighted by Crippen LogP contribution is 2.38. The lowest BCUT2D eigenvalue weighted by atomic mass is 9.95. The third-order valence-electron chi connectivity index (χ3n) is 4.44. The number of carbonyl (C=O) groups excluding carboxylic acids is 4. The van der Waals surface area contributed by atoms with Gasteiger partial charge in [0.05, 0.1) is 12.2 Å². The minimum absolute atomic E-state index is 0.0696. The van der Waals surface area contributed by atoms with Crippen LogP contribution in [0.25, 0.3) is 0 Å². The van der Waals surface area contributed by atoms with Gasteiger partial charge in [-0.2, -0.15) is 13.2 Å². The Kier molecular flexibility index (Phi) is 11.6. The van der Waals surface area contributed by atoms with Crippen molar-refractivity contribution in [3.05, 3.63) is 28.2 Å². The van der Waals surface area contributed by atoms with Crippen LogP contribution in [-0.4, -0.2) is 60.2 Å². The topological polar surface area (TPSA) is 135 Å². The van der Waals surface area contributed by atoms with Crippen LogP contribution in [-0.2, 0) is 44.3 Å². The van der Waals surface area contributed by atoms with E-state index in [0.717, 1.165) is 33.8 Å². The normalized spacial score (nSPS) is 15.5. The number of carbonyl (C=O) groups is 4. The second kappa shape index (κ2) is 13.4. The number of aliphatic hydroxyl groups excluding tert-OH is 1. The van der Waals surface area contributed by atoms with E-state index < -0.39 is 71.9 Å². The predicted octanol–water partition coefficient (Wildman–Crippen LogP) is 3.16. The number of alkyl halides is 3. The molecule has 36 heavy (non-hydrogen) atoms. The molecule has 0 saturated carbocycles. The van der Waals surface area contributed by atoms with E-state index in [1.807, 2.05) is 0 Å². The molecule has 0 spiro atoms. The number of benzene rings is 1. The fraction of sp³-hybridized carbons (Fsp3) is 0.545. The molecule has 1 aromatic carbocycles. The molecular formula is C22H26BrF3O10.